The number of hydrogen-bond acceptors (Lipinski definition) is 2. The Balaban J connectivity index is 2.26. The first-order valence-electron chi connectivity index (χ1n) is 5.76. The van der Waals surface area contributed by atoms with Gasteiger partial charge < -0.3 is 9.84 Å². The minimum absolute atomic E-state index is 0.111. The first-order valence-corrected chi connectivity index (χ1v) is 5.76. The lowest BCUT2D eigenvalue weighted by atomic mass is 9.76. The predicted octanol–water partition coefficient (Wildman–Crippen LogP) is 2.84. The fourth-order valence-corrected chi connectivity index (χ4v) is 2.13. The molecule has 1 N–H and O–H groups in total. The summed E-state index contributed by atoms with van der Waals surface area (Å²) in [6.07, 6.45) is 4.71. The third-order valence-corrected chi connectivity index (χ3v) is 3.17. The van der Waals surface area contributed by atoms with Crippen LogP contribution >= 0.6 is 0 Å². The van der Waals surface area contributed by atoms with Crippen molar-refractivity contribution in [1.29, 1.82) is 0 Å². The van der Waals surface area contributed by atoms with Gasteiger partial charge in [0.25, 0.3) is 0 Å². The highest BCUT2D eigenvalue weighted by Gasteiger charge is 2.28. The number of carboxylic acid groups (broad SMARTS) is 1. The molecule has 1 aliphatic carbocycles. The van der Waals surface area contributed by atoms with Crippen LogP contribution in [-0.4, -0.2) is 23.3 Å². The van der Waals surface area contributed by atoms with E-state index >= 15 is 0 Å². The zero-order valence-corrected chi connectivity index (χ0v) is 9.95. The molecule has 1 atom stereocenters. The molecule has 1 rings (SSSR count). The summed E-state index contributed by atoms with van der Waals surface area (Å²) in [5.41, 5.74) is 0.440. The topological polar surface area (TPSA) is 46.5 Å². The largest absolute Gasteiger partial charge is 0.481 e. The Morgan fingerprint density at radius 1 is 1.47 bits per heavy atom. The van der Waals surface area contributed by atoms with Crippen molar-refractivity contribution in [3.63, 3.8) is 0 Å². The van der Waals surface area contributed by atoms with Crippen LogP contribution < -0.4 is 0 Å². The van der Waals surface area contributed by atoms with Gasteiger partial charge in [0.2, 0.25) is 0 Å². The molecule has 3 nitrogen and oxygen atoms in total. The second-order valence-corrected chi connectivity index (χ2v) is 5.41. The van der Waals surface area contributed by atoms with Gasteiger partial charge in [-0.15, -0.1) is 0 Å². The molecule has 1 fully saturated rings. The van der Waals surface area contributed by atoms with Gasteiger partial charge in [-0.2, -0.15) is 0 Å². The lowest BCUT2D eigenvalue weighted by molar-refractivity contribution is -0.141. The van der Waals surface area contributed by atoms with E-state index in [2.05, 4.69) is 13.8 Å². The van der Waals surface area contributed by atoms with Gasteiger partial charge in [0.05, 0.1) is 18.6 Å². The number of ether oxygens (including phenoxy) is 1. The maximum absolute atomic E-state index is 10.5. The number of rotatable bonds is 4. The second kappa shape index (κ2) is 4.97. The minimum Gasteiger partial charge on any atom is -0.481 e. The Bertz CT molecular complexity index is 213. The number of aliphatic carboxylic acids is 1. The highest BCUT2D eigenvalue weighted by molar-refractivity contribution is 5.67. The van der Waals surface area contributed by atoms with Crippen LogP contribution in [0, 0.1) is 5.41 Å². The van der Waals surface area contributed by atoms with Crippen LogP contribution in [0.4, 0.5) is 0 Å². The van der Waals surface area contributed by atoms with Gasteiger partial charge >= 0.3 is 5.97 Å². The molecular formula is C12H22O3. The van der Waals surface area contributed by atoms with Crippen LogP contribution in [0.25, 0.3) is 0 Å². The summed E-state index contributed by atoms with van der Waals surface area (Å²) >= 11 is 0. The Labute approximate surface area is 91.8 Å². The smallest absolute Gasteiger partial charge is 0.305 e. The summed E-state index contributed by atoms with van der Waals surface area (Å²) in [4.78, 5) is 10.5. The Morgan fingerprint density at radius 2 is 2.00 bits per heavy atom. The van der Waals surface area contributed by atoms with E-state index < -0.39 is 5.97 Å². The number of hydrogen-bond donors (Lipinski definition) is 1. The van der Waals surface area contributed by atoms with Crippen molar-refractivity contribution in [3.05, 3.63) is 0 Å². The molecule has 0 radical (unpaired) electrons. The number of carboxylic acids is 1. The van der Waals surface area contributed by atoms with Crippen LogP contribution in [0.1, 0.15) is 52.9 Å². The van der Waals surface area contributed by atoms with Crippen LogP contribution in [0.3, 0.4) is 0 Å². The first-order chi connectivity index (χ1) is 6.89. The van der Waals surface area contributed by atoms with E-state index in [1.54, 1.807) is 0 Å². The second-order valence-electron chi connectivity index (χ2n) is 5.41. The lowest BCUT2D eigenvalue weighted by Gasteiger charge is -2.35. The van der Waals surface area contributed by atoms with E-state index in [1.807, 2.05) is 6.92 Å². The average Bonchev–Trinajstić information content (AvgIpc) is 2.07. The van der Waals surface area contributed by atoms with Gasteiger partial charge in [-0.1, -0.05) is 13.8 Å². The molecule has 1 aliphatic rings. The van der Waals surface area contributed by atoms with Crippen molar-refractivity contribution in [3.8, 4) is 0 Å². The third kappa shape index (κ3) is 4.65. The summed E-state index contributed by atoms with van der Waals surface area (Å²) in [5.74, 6) is -0.779. The summed E-state index contributed by atoms with van der Waals surface area (Å²) in [7, 11) is 0. The van der Waals surface area contributed by atoms with E-state index in [0.29, 0.717) is 5.41 Å². The molecule has 0 bridgehead atoms. The van der Waals surface area contributed by atoms with Crippen molar-refractivity contribution < 1.29 is 14.6 Å². The van der Waals surface area contributed by atoms with Crippen LogP contribution in [-0.2, 0) is 9.53 Å². The standard InChI is InChI=1S/C12H22O3/c1-9(8-11(13)14)15-10-4-6-12(2,3)7-5-10/h9-10H,4-8H2,1-3H3,(H,13,14)/t9-/m1/s1. The first kappa shape index (κ1) is 12.5. The summed E-state index contributed by atoms with van der Waals surface area (Å²) < 4.78 is 5.71. The van der Waals surface area contributed by atoms with Crippen molar-refractivity contribution in [2.45, 2.75) is 65.1 Å². The Kier molecular flexibility index (Phi) is 4.14. The maximum atomic E-state index is 10.5. The maximum Gasteiger partial charge on any atom is 0.305 e. The van der Waals surface area contributed by atoms with Crippen molar-refractivity contribution in [2.75, 3.05) is 0 Å². The monoisotopic (exact) mass is 214 g/mol. The fraction of sp³-hybridized carbons (Fsp3) is 0.917. The zero-order valence-electron chi connectivity index (χ0n) is 9.95. The molecule has 0 amide bonds. The van der Waals surface area contributed by atoms with Crippen LogP contribution in [0.2, 0.25) is 0 Å². The average molecular weight is 214 g/mol. The molecule has 0 aromatic rings. The van der Waals surface area contributed by atoms with Gasteiger partial charge in [-0.3, -0.25) is 4.79 Å². The van der Waals surface area contributed by atoms with Gasteiger partial charge in [-0.25, -0.2) is 0 Å². The molecule has 0 aromatic heterocycles. The summed E-state index contributed by atoms with van der Waals surface area (Å²) in [6.45, 7) is 6.40. The number of carbonyl (C=O) groups is 1. The summed E-state index contributed by atoms with van der Waals surface area (Å²) in [5, 5.41) is 8.62. The van der Waals surface area contributed by atoms with Gasteiger partial charge in [0.15, 0.2) is 0 Å². The predicted molar refractivity (Wildman–Crippen MR) is 58.8 cm³/mol. The molecule has 0 unspecified atom stereocenters. The molecule has 88 valence electrons. The van der Waals surface area contributed by atoms with E-state index in [9.17, 15) is 4.79 Å². The molecule has 15 heavy (non-hydrogen) atoms. The quantitative estimate of drug-likeness (QED) is 0.782. The molecule has 0 heterocycles. The van der Waals surface area contributed by atoms with Crippen LogP contribution in [0.15, 0.2) is 0 Å². The van der Waals surface area contributed by atoms with Crippen LogP contribution in [0.5, 0.6) is 0 Å². The molecule has 0 saturated heterocycles. The molecule has 0 aromatic carbocycles. The van der Waals surface area contributed by atoms with E-state index in [4.69, 9.17) is 9.84 Å². The highest BCUT2D eigenvalue weighted by atomic mass is 16.5. The summed E-state index contributed by atoms with van der Waals surface area (Å²) in [6, 6.07) is 0. The van der Waals surface area contributed by atoms with E-state index in [-0.39, 0.29) is 18.6 Å². The molecule has 1 saturated carbocycles. The lowest BCUT2D eigenvalue weighted by Crippen LogP contribution is -2.29. The Morgan fingerprint density at radius 3 is 2.47 bits per heavy atom. The minimum atomic E-state index is -0.779. The normalized spacial score (nSPS) is 23.7. The molecule has 3 heteroatoms. The van der Waals surface area contributed by atoms with E-state index in [0.717, 1.165) is 12.8 Å². The fourth-order valence-electron chi connectivity index (χ4n) is 2.13. The molecule has 0 aliphatic heterocycles. The van der Waals surface area contributed by atoms with Crippen molar-refractivity contribution >= 4 is 5.97 Å². The van der Waals surface area contributed by atoms with Crippen molar-refractivity contribution in [2.24, 2.45) is 5.41 Å². The van der Waals surface area contributed by atoms with Gasteiger partial charge in [-0.05, 0) is 38.0 Å². The molecule has 0 spiro atoms. The third-order valence-electron chi connectivity index (χ3n) is 3.17. The van der Waals surface area contributed by atoms with Crippen molar-refractivity contribution in [1.82, 2.24) is 0 Å². The van der Waals surface area contributed by atoms with Gasteiger partial charge in [0.1, 0.15) is 0 Å². The zero-order chi connectivity index (χ0) is 11.5. The van der Waals surface area contributed by atoms with Gasteiger partial charge in [0, 0.05) is 0 Å². The Hall–Kier alpha value is -0.570. The SMILES string of the molecule is C[C@H](CC(=O)O)OC1CCC(C)(C)CC1. The molecular weight excluding hydrogens is 192 g/mol. The highest BCUT2D eigenvalue weighted by Crippen LogP contribution is 2.36. The van der Waals surface area contributed by atoms with E-state index in [1.165, 1.54) is 12.8 Å².